The van der Waals surface area contributed by atoms with E-state index < -0.39 is 7.42 Å². The van der Waals surface area contributed by atoms with E-state index in [-0.39, 0.29) is 0 Å². The van der Waals surface area contributed by atoms with Gasteiger partial charge in [0, 0.05) is 14.1 Å². The van der Waals surface area contributed by atoms with E-state index in [0.717, 1.165) is 0 Å². The Kier molecular flexibility index (Phi) is 4.42. The summed E-state index contributed by atoms with van der Waals surface area (Å²) < 4.78 is 0. The lowest BCUT2D eigenvalue weighted by Crippen LogP contribution is -2.01. The van der Waals surface area contributed by atoms with Crippen molar-refractivity contribution >= 4 is 29.6 Å². The molecule has 0 aromatic heterocycles. The summed E-state index contributed by atoms with van der Waals surface area (Å²) in [6.07, 6.45) is 1.87. The number of rotatable bonds is 2. The van der Waals surface area contributed by atoms with Crippen molar-refractivity contribution in [2.45, 2.75) is 0 Å². The molecular weight excluding hydrogens is 161 g/mol. The molecule has 0 atom stereocenters. The monoisotopic (exact) mass is 169 g/mol. The summed E-state index contributed by atoms with van der Waals surface area (Å²) in [5, 5.41) is 0. The molecule has 0 unspecified atom stereocenters. The molecule has 8 heavy (non-hydrogen) atoms. The van der Waals surface area contributed by atoms with Crippen molar-refractivity contribution in [1.29, 1.82) is 0 Å². The maximum Gasteiger partial charge on any atom is 0.261 e. The normalized spacial score (nSPS) is 11.1. The molecule has 0 aromatic carbocycles. The van der Waals surface area contributed by atoms with E-state index >= 15 is 0 Å². The zero-order valence-corrected chi connectivity index (χ0v) is 7.60. The van der Waals surface area contributed by atoms with Gasteiger partial charge in [0.25, 0.3) is 7.42 Å². The molecule has 0 amide bonds. The largest absolute Gasteiger partial charge is 0.384 e. The lowest BCUT2D eigenvalue weighted by atomic mass is 10.9. The van der Waals surface area contributed by atoms with Crippen LogP contribution < -0.4 is 0 Å². The van der Waals surface area contributed by atoms with Crippen molar-refractivity contribution in [1.82, 2.24) is 4.90 Å². The lowest BCUT2D eigenvalue weighted by molar-refractivity contribution is 0.565. The molecule has 0 aliphatic carbocycles. The molecule has 0 saturated heterocycles. The predicted octanol–water partition coefficient (Wildman–Crippen LogP) is 1.30. The van der Waals surface area contributed by atoms with Gasteiger partial charge in [-0.3, -0.25) is 0 Å². The van der Waals surface area contributed by atoms with E-state index in [0.29, 0.717) is 0 Å². The molecule has 0 fully saturated rings. The first-order chi connectivity index (χ1) is 3.63. The molecule has 4 heteroatoms. The summed E-state index contributed by atoms with van der Waals surface area (Å²) in [4.78, 5) is 1.91. The van der Waals surface area contributed by atoms with E-state index in [1.54, 1.807) is 0 Å². The van der Waals surface area contributed by atoms with E-state index in [9.17, 15) is 0 Å². The first-order valence-corrected chi connectivity index (χ1v) is 6.41. The summed E-state index contributed by atoms with van der Waals surface area (Å²) in [7, 11) is 2.36. The van der Waals surface area contributed by atoms with Crippen LogP contribution in [0.15, 0.2) is 11.9 Å². The highest BCUT2D eigenvalue weighted by atomic mass is 35.7. The average molecular weight is 170 g/mol. The van der Waals surface area contributed by atoms with E-state index in [1.807, 2.05) is 30.9 Å². The SMILES string of the molecule is CN(C)C=C[SiH](Cl)Cl. The van der Waals surface area contributed by atoms with Crippen LogP contribution in [0.1, 0.15) is 0 Å². The van der Waals surface area contributed by atoms with Crippen molar-refractivity contribution in [3.05, 3.63) is 11.9 Å². The Morgan fingerprint density at radius 1 is 1.38 bits per heavy atom. The summed E-state index contributed by atoms with van der Waals surface area (Å²) in [6, 6.07) is 0. The van der Waals surface area contributed by atoms with Crippen LogP contribution in [0.4, 0.5) is 0 Å². The van der Waals surface area contributed by atoms with Gasteiger partial charge in [-0.25, -0.2) is 0 Å². The summed E-state index contributed by atoms with van der Waals surface area (Å²) in [6.45, 7) is 0. The van der Waals surface area contributed by atoms with Gasteiger partial charge in [-0.1, -0.05) is 5.70 Å². The highest BCUT2D eigenvalue weighted by molar-refractivity contribution is 7.36. The third-order valence-corrected chi connectivity index (χ3v) is 1.87. The van der Waals surface area contributed by atoms with Crippen molar-refractivity contribution in [2.75, 3.05) is 14.1 Å². The fourth-order valence-corrected chi connectivity index (χ4v) is 1.10. The molecule has 0 heterocycles. The van der Waals surface area contributed by atoms with Crippen LogP contribution in [0, 0.1) is 0 Å². The van der Waals surface area contributed by atoms with Gasteiger partial charge in [0.2, 0.25) is 0 Å². The Labute approximate surface area is 60.9 Å². The summed E-state index contributed by atoms with van der Waals surface area (Å²) >= 11 is 11.0. The highest BCUT2D eigenvalue weighted by Gasteiger charge is 1.91. The van der Waals surface area contributed by atoms with Crippen LogP contribution >= 0.6 is 22.2 Å². The molecule has 0 rings (SSSR count). The maximum atomic E-state index is 5.51. The van der Waals surface area contributed by atoms with Crippen LogP contribution in [-0.2, 0) is 0 Å². The van der Waals surface area contributed by atoms with Gasteiger partial charge in [-0.15, -0.1) is 22.2 Å². The second-order valence-electron chi connectivity index (χ2n) is 1.64. The second kappa shape index (κ2) is 4.24. The third kappa shape index (κ3) is 6.34. The number of nitrogens with zero attached hydrogens (tertiary/aromatic N) is 1. The first-order valence-electron chi connectivity index (χ1n) is 2.26. The minimum atomic E-state index is -1.50. The molecule has 0 aliphatic heterocycles. The quantitative estimate of drug-likeness (QED) is 0.446. The van der Waals surface area contributed by atoms with Crippen molar-refractivity contribution in [3.63, 3.8) is 0 Å². The maximum absolute atomic E-state index is 5.51. The van der Waals surface area contributed by atoms with Gasteiger partial charge in [0.1, 0.15) is 0 Å². The summed E-state index contributed by atoms with van der Waals surface area (Å²) in [5.41, 5.74) is 1.84. The molecule has 0 N–H and O–H groups in total. The zero-order chi connectivity index (χ0) is 6.57. The molecule has 0 aromatic rings. The Hall–Kier alpha value is 0.337. The smallest absolute Gasteiger partial charge is 0.261 e. The molecule has 1 nitrogen and oxygen atoms in total. The van der Waals surface area contributed by atoms with E-state index in [4.69, 9.17) is 22.2 Å². The molecule has 0 aliphatic rings. The number of hydrogen-bond donors (Lipinski definition) is 0. The van der Waals surface area contributed by atoms with Gasteiger partial charge < -0.3 is 4.90 Å². The first kappa shape index (κ1) is 8.34. The van der Waals surface area contributed by atoms with E-state index in [1.165, 1.54) is 0 Å². The van der Waals surface area contributed by atoms with Crippen LogP contribution in [-0.4, -0.2) is 26.4 Å². The lowest BCUT2D eigenvalue weighted by Gasteiger charge is -2.01. The fourth-order valence-electron chi connectivity index (χ4n) is 0.237. The van der Waals surface area contributed by atoms with Crippen LogP contribution in [0.2, 0.25) is 0 Å². The Morgan fingerprint density at radius 2 is 1.88 bits per heavy atom. The molecule has 0 radical (unpaired) electrons. The van der Waals surface area contributed by atoms with Crippen molar-refractivity contribution in [3.8, 4) is 0 Å². The molecule has 0 spiro atoms. The van der Waals surface area contributed by atoms with Crippen LogP contribution in [0.5, 0.6) is 0 Å². The molecule has 0 bridgehead atoms. The number of hydrogen-bond acceptors (Lipinski definition) is 1. The minimum Gasteiger partial charge on any atom is -0.384 e. The van der Waals surface area contributed by atoms with Gasteiger partial charge >= 0.3 is 0 Å². The minimum absolute atomic E-state index is 1.50. The third-order valence-electron chi connectivity index (χ3n) is 0.530. The Morgan fingerprint density at radius 3 is 2.00 bits per heavy atom. The number of halogens is 2. The van der Waals surface area contributed by atoms with Gasteiger partial charge in [0.15, 0.2) is 0 Å². The van der Waals surface area contributed by atoms with Gasteiger partial charge in [0.05, 0.1) is 0 Å². The topological polar surface area (TPSA) is 3.24 Å². The highest BCUT2D eigenvalue weighted by Crippen LogP contribution is 1.96. The second-order valence-corrected chi connectivity index (χ2v) is 6.18. The molecular formula is C4H9Cl2NSi. The molecule has 48 valence electrons. The average Bonchev–Trinajstić information content (AvgIpc) is 1.61. The van der Waals surface area contributed by atoms with Crippen molar-refractivity contribution < 1.29 is 0 Å². The standard InChI is InChI=1S/C4H9Cl2NSi/c1-7(2)3-4-8(5)6/h3-4,8H,1-2H3. The molecule has 0 saturated carbocycles. The van der Waals surface area contributed by atoms with Crippen LogP contribution in [0.25, 0.3) is 0 Å². The predicted molar refractivity (Wildman–Crippen MR) is 41.7 cm³/mol. The van der Waals surface area contributed by atoms with Gasteiger partial charge in [-0.05, 0) is 6.20 Å². The fraction of sp³-hybridized carbons (Fsp3) is 0.500. The van der Waals surface area contributed by atoms with E-state index in [2.05, 4.69) is 0 Å². The summed E-state index contributed by atoms with van der Waals surface area (Å²) in [5.74, 6) is 0. The van der Waals surface area contributed by atoms with Crippen molar-refractivity contribution in [2.24, 2.45) is 0 Å². The van der Waals surface area contributed by atoms with Gasteiger partial charge in [-0.2, -0.15) is 0 Å². The van der Waals surface area contributed by atoms with Crippen LogP contribution in [0.3, 0.4) is 0 Å². The Balaban J connectivity index is 3.34. The Bertz CT molecular complexity index is 72.1. The zero-order valence-electron chi connectivity index (χ0n) is 4.94.